The number of imidazole rings is 1. The predicted octanol–water partition coefficient (Wildman–Crippen LogP) is 4.77. The maximum absolute atomic E-state index is 12.4. The number of carbonyl (C=O) groups excluding carboxylic acids is 1. The van der Waals surface area contributed by atoms with E-state index >= 15 is 0 Å². The molecular formula is C31H36N6O5. The largest absolute Gasteiger partial charge is 0.493 e. The minimum Gasteiger partial charge on any atom is -0.493 e. The van der Waals surface area contributed by atoms with Crippen LogP contribution in [0.2, 0.25) is 0 Å². The molecule has 2 amide bonds. The Hall–Kier alpha value is -4.53. The van der Waals surface area contributed by atoms with Gasteiger partial charge < -0.3 is 28.5 Å². The number of benzene rings is 1. The van der Waals surface area contributed by atoms with E-state index in [4.69, 9.17) is 18.7 Å². The summed E-state index contributed by atoms with van der Waals surface area (Å²) in [6.07, 6.45) is 4.65. The molecule has 1 aliphatic rings. The van der Waals surface area contributed by atoms with E-state index in [2.05, 4.69) is 37.5 Å². The lowest BCUT2D eigenvalue weighted by molar-refractivity contribution is 0.0357. The third kappa shape index (κ3) is 7.60. The highest BCUT2D eigenvalue weighted by Crippen LogP contribution is 2.28. The van der Waals surface area contributed by atoms with Gasteiger partial charge in [0.2, 0.25) is 0 Å². The van der Waals surface area contributed by atoms with Gasteiger partial charge in [-0.3, -0.25) is 10.2 Å². The van der Waals surface area contributed by atoms with Crippen LogP contribution < -0.4 is 20.1 Å². The zero-order valence-corrected chi connectivity index (χ0v) is 24.4. The normalized spacial score (nSPS) is 13.8. The molecule has 11 heteroatoms. The molecule has 0 spiro atoms. The number of rotatable bonds is 8. The van der Waals surface area contributed by atoms with Gasteiger partial charge in [0.15, 0.2) is 17.3 Å². The number of pyridine rings is 1. The van der Waals surface area contributed by atoms with Crippen molar-refractivity contribution < 1.29 is 23.5 Å². The highest BCUT2D eigenvalue weighted by molar-refractivity contribution is 5.99. The van der Waals surface area contributed by atoms with Gasteiger partial charge in [-0.25, -0.2) is 9.78 Å². The smallest absolute Gasteiger partial charge is 0.324 e. The molecule has 3 aromatic heterocycles. The summed E-state index contributed by atoms with van der Waals surface area (Å²) in [6.45, 7) is 11.1. The summed E-state index contributed by atoms with van der Waals surface area (Å²) in [5.41, 5.74) is 2.53. The van der Waals surface area contributed by atoms with E-state index < -0.39 is 6.03 Å². The number of hydrogen-bond donors (Lipinski definition) is 2. The molecule has 0 saturated carbocycles. The monoisotopic (exact) mass is 572 g/mol. The first-order valence-corrected chi connectivity index (χ1v) is 13.9. The lowest BCUT2D eigenvalue weighted by atomic mass is 9.93. The van der Waals surface area contributed by atoms with E-state index in [9.17, 15) is 4.79 Å². The fourth-order valence-corrected chi connectivity index (χ4v) is 4.36. The van der Waals surface area contributed by atoms with Gasteiger partial charge in [-0.05, 0) is 36.6 Å². The van der Waals surface area contributed by atoms with E-state index in [1.54, 1.807) is 25.3 Å². The molecule has 0 bridgehead atoms. The second kappa shape index (κ2) is 13.0. The van der Waals surface area contributed by atoms with Gasteiger partial charge in [0.25, 0.3) is 0 Å². The van der Waals surface area contributed by atoms with Crippen LogP contribution in [0, 0.1) is 11.8 Å². The predicted molar refractivity (Wildman–Crippen MR) is 159 cm³/mol. The second-order valence-electron chi connectivity index (χ2n) is 11.0. The summed E-state index contributed by atoms with van der Waals surface area (Å²) in [7, 11) is 1.62. The van der Waals surface area contributed by atoms with Crippen LogP contribution in [0.3, 0.4) is 0 Å². The number of fused-ring (bicyclic) bond motifs is 1. The van der Waals surface area contributed by atoms with Crippen molar-refractivity contribution in [2.24, 2.45) is 0 Å². The number of morpholine rings is 1. The molecule has 4 aromatic rings. The van der Waals surface area contributed by atoms with Crippen LogP contribution in [-0.4, -0.2) is 72.0 Å². The van der Waals surface area contributed by atoms with Gasteiger partial charge in [0.05, 0.1) is 33.1 Å². The van der Waals surface area contributed by atoms with Crippen molar-refractivity contribution in [3.63, 3.8) is 0 Å². The Morgan fingerprint density at radius 1 is 1.05 bits per heavy atom. The van der Waals surface area contributed by atoms with Crippen molar-refractivity contribution in [1.82, 2.24) is 19.4 Å². The number of urea groups is 1. The quantitative estimate of drug-likeness (QED) is 0.229. The number of carbonyl (C=O) groups is 1. The molecule has 4 heterocycles. The van der Waals surface area contributed by atoms with Crippen molar-refractivity contribution in [1.29, 1.82) is 0 Å². The Balaban J connectivity index is 1.16. The van der Waals surface area contributed by atoms with Crippen molar-refractivity contribution in [2.75, 3.05) is 57.2 Å². The molecule has 0 aliphatic carbocycles. The summed E-state index contributed by atoms with van der Waals surface area (Å²) < 4.78 is 24.2. The lowest BCUT2D eigenvalue weighted by Crippen LogP contribution is -2.37. The molecule has 0 radical (unpaired) electrons. The summed E-state index contributed by atoms with van der Waals surface area (Å²) in [4.78, 5) is 19.4. The molecule has 1 aliphatic heterocycles. The standard InChI is InChI=1S/C31H36N6O5/c1-31(2,3)27-19-28(35-42-27)34-30(38)33-23-9-6-22(7-10-23)8-11-24-20-37-21-26(25(39-4)18-29(37)32-24)41-15-5-12-36-13-16-40-17-14-36/h6-7,9-10,18-21H,5,12-17H2,1-4H3,(H2,33,34,35,38). The second-order valence-corrected chi connectivity index (χ2v) is 11.0. The van der Waals surface area contributed by atoms with Crippen molar-refractivity contribution >= 4 is 23.2 Å². The van der Waals surface area contributed by atoms with Crippen LogP contribution in [0.5, 0.6) is 11.5 Å². The maximum atomic E-state index is 12.4. The molecule has 2 N–H and O–H groups in total. The first kappa shape index (κ1) is 29.0. The number of nitrogens with one attached hydrogen (secondary N) is 2. The number of anilines is 2. The average Bonchev–Trinajstić information content (AvgIpc) is 3.61. The fourth-order valence-electron chi connectivity index (χ4n) is 4.36. The molecule has 0 atom stereocenters. The molecule has 5 rings (SSSR count). The molecule has 220 valence electrons. The summed E-state index contributed by atoms with van der Waals surface area (Å²) in [6, 6.07) is 10.4. The van der Waals surface area contributed by atoms with Gasteiger partial charge in [0.1, 0.15) is 17.1 Å². The third-order valence-electron chi connectivity index (χ3n) is 6.69. The Morgan fingerprint density at radius 2 is 1.83 bits per heavy atom. The van der Waals surface area contributed by atoms with Crippen LogP contribution in [0.25, 0.3) is 5.65 Å². The molecule has 1 saturated heterocycles. The highest BCUT2D eigenvalue weighted by atomic mass is 16.5. The van der Waals surface area contributed by atoms with Crippen LogP contribution in [0.15, 0.2) is 53.3 Å². The van der Waals surface area contributed by atoms with Crippen LogP contribution in [0.1, 0.15) is 44.2 Å². The van der Waals surface area contributed by atoms with Gasteiger partial charge >= 0.3 is 6.03 Å². The zero-order chi connectivity index (χ0) is 29.5. The van der Waals surface area contributed by atoms with E-state index in [0.29, 0.717) is 46.7 Å². The summed E-state index contributed by atoms with van der Waals surface area (Å²) in [5.74, 6) is 8.56. The minimum absolute atomic E-state index is 0.197. The van der Waals surface area contributed by atoms with E-state index in [-0.39, 0.29) is 5.41 Å². The van der Waals surface area contributed by atoms with E-state index in [1.165, 1.54) is 0 Å². The van der Waals surface area contributed by atoms with Gasteiger partial charge in [-0.1, -0.05) is 31.8 Å². The Labute approximate surface area is 245 Å². The molecule has 11 nitrogen and oxygen atoms in total. The number of hydrogen-bond acceptors (Lipinski definition) is 8. The zero-order valence-electron chi connectivity index (χ0n) is 24.4. The maximum Gasteiger partial charge on any atom is 0.324 e. The molecule has 1 aromatic carbocycles. The van der Waals surface area contributed by atoms with Gasteiger partial charge in [-0.2, -0.15) is 0 Å². The number of nitrogens with zero attached hydrogens (tertiary/aromatic N) is 4. The Kier molecular flexibility index (Phi) is 8.95. The lowest BCUT2D eigenvalue weighted by Gasteiger charge is -2.26. The highest BCUT2D eigenvalue weighted by Gasteiger charge is 2.20. The molecule has 0 unspecified atom stereocenters. The third-order valence-corrected chi connectivity index (χ3v) is 6.69. The van der Waals surface area contributed by atoms with Crippen molar-refractivity contribution in [2.45, 2.75) is 32.6 Å². The van der Waals surface area contributed by atoms with Crippen LogP contribution in [-0.2, 0) is 10.2 Å². The first-order chi connectivity index (χ1) is 20.3. The summed E-state index contributed by atoms with van der Waals surface area (Å²) >= 11 is 0. The number of aromatic nitrogens is 3. The van der Waals surface area contributed by atoms with Gasteiger partial charge in [0, 0.05) is 54.6 Å². The van der Waals surface area contributed by atoms with Crippen LogP contribution >= 0.6 is 0 Å². The first-order valence-electron chi connectivity index (χ1n) is 13.9. The Morgan fingerprint density at radius 3 is 2.55 bits per heavy atom. The topological polar surface area (TPSA) is 115 Å². The number of ether oxygens (including phenoxy) is 3. The summed E-state index contributed by atoms with van der Waals surface area (Å²) in [5, 5.41) is 9.36. The molecular weight excluding hydrogens is 536 g/mol. The average molecular weight is 573 g/mol. The molecule has 42 heavy (non-hydrogen) atoms. The number of methoxy groups -OCH3 is 1. The molecule has 1 fully saturated rings. The van der Waals surface area contributed by atoms with E-state index in [0.717, 1.165) is 44.8 Å². The Bertz CT molecular complexity index is 1570. The van der Waals surface area contributed by atoms with Gasteiger partial charge in [-0.15, -0.1) is 0 Å². The van der Waals surface area contributed by atoms with Crippen molar-refractivity contribution in [3.8, 4) is 23.3 Å². The fraction of sp³-hybridized carbons (Fsp3) is 0.387. The van der Waals surface area contributed by atoms with Crippen LogP contribution in [0.4, 0.5) is 16.3 Å². The van der Waals surface area contributed by atoms with E-state index in [1.807, 2.05) is 55.8 Å². The van der Waals surface area contributed by atoms with Crippen molar-refractivity contribution in [3.05, 3.63) is 65.8 Å². The SMILES string of the molecule is COc1cc2nc(C#Cc3ccc(NC(=O)Nc4cc(C(C)(C)C)on4)cc3)cn2cc1OCCCN1CCOCC1. The number of amides is 2. The minimum atomic E-state index is -0.414.